The Morgan fingerprint density at radius 3 is 1.10 bits per heavy atom. The molecule has 0 aliphatic carbocycles. The molecule has 0 N–H and O–H groups in total. The Morgan fingerprint density at radius 1 is 0.341 bits per heavy atom. The van der Waals surface area contributed by atoms with Gasteiger partial charge in [0, 0.05) is 22.3 Å². The monoisotopic (exact) mass is 526 g/mol. The van der Waals surface area contributed by atoms with E-state index in [1.165, 1.54) is 5.56 Å². The highest BCUT2D eigenvalue weighted by atomic mass is 14.8. The lowest BCUT2D eigenvalue weighted by Gasteiger charge is -2.11. The first-order valence-corrected chi connectivity index (χ1v) is 13.8. The predicted octanol–water partition coefficient (Wildman–Crippen LogP) is 10.0. The maximum absolute atomic E-state index is 5.04. The van der Waals surface area contributed by atoms with Gasteiger partial charge in [-0.3, -0.25) is 0 Å². The molecule has 196 valence electrons. The van der Waals surface area contributed by atoms with Crippen molar-refractivity contribution < 1.29 is 0 Å². The summed E-state index contributed by atoms with van der Waals surface area (Å²) in [5.41, 5.74) is 11.7. The van der Waals surface area contributed by atoms with Gasteiger partial charge in [-0.25, -0.2) is 9.98 Å². The van der Waals surface area contributed by atoms with Gasteiger partial charge in [0.25, 0.3) is 0 Å². The molecule has 0 saturated heterocycles. The van der Waals surface area contributed by atoms with Crippen molar-refractivity contribution in [3.05, 3.63) is 192 Å². The van der Waals surface area contributed by atoms with Gasteiger partial charge in [-0.1, -0.05) is 145 Å². The Balaban J connectivity index is 1.31. The van der Waals surface area contributed by atoms with E-state index in [2.05, 4.69) is 128 Å². The number of aliphatic imine (C=N–C) groups is 2. The lowest BCUT2D eigenvalue weighted by molar-refractivity contribution is 1.42. The zero-order valence-electron chi connectivity index (χ0n) is 23.0. The van der Waals surface area contributed by atoms with Crippen LogP contribution in [0.4, 0.5) is 11.4 Å². The van der Waals surface area contributed by atoms with Crippen molar-refractivity contribution in [2.24, 2.45) is 9.98 Å². The summed E-state index contributed by atoms with van der Waals surface area (Å²) in [6.07, 6.45) is 0. The molecular weight excluding hydrogens is 496 g/mol. The van der Waals surface area contributed by atoms with Gasteiger partial charge in [-0.15, -0.1) is 0 Å². The topological polar surface area (TPSA) is 24.7 Å². The molecule has 0 aliphatic rings. The highest BCUT2D eigenvalue weighted by Gasteiger charge is 2.10. The van der Waals surface area contributed by atoms with Crippen molar-refractivity contribution in [3.63, 3.8) is 0 Å². The Hall–Kier alpha value is -5.34. The molecule has 0 radical (unpaired) electrons. The molecule has 0 saturated carbocycles. The Bertz CT molecular complexity index is 1770. The molecule has 0 atom stereocenters. The molecular formula is C39H30N2. The fourth-order valence-electron chi connectivity index (χ4n) is 4.80. The standard InChI is InChI=1S/C39H30N2/c1-29-17-27-37(28-18-29)41-39(33-13-7-3-8-14-33)35-25-21-31(22-26-35)30-19-23-34(24-20-30)38(32-11-5-2-6-12-32)40-36-15-9-4-10-16-36/h2-28H,1H3. The molecule has 0 bridgehead atoms. The van der Waals surface area contributed by atoms with E-state index in [1.54, 1.807) is 0 Å². The second-order valence-electron chi connectivity index (χ2n) is 9.98. The normalized spacial score (nSPS) is 11.8. The van der Waals surface area contributed by atoms with Crippen molar-refractivity contribution in [1.82, 2.24) is 0 Å². The minimum absolute atomic E-state index is 0.938. The first-order chi connectivity index (χ1) is 20.2. The highest BCUT2D eigenvalue weighted by Crippen LogP contribution is 2.25. The van der Waals surface area contributed by atoms with Crippen LogP contribution in [0.15, 0.2) is 174 Å². The van der Waals surface area contributed by atoms with Crippen LogP contribution in [0.5, 0.6) is 0 Å². The molecule has 0 aromatic heterocycles. The number of nitrogens with zero attached hydrogens (tertiary/aromatic N) is 2. The molecule has 2 heteroatoms. The third kappa shape index (κ3) is 6.29. The first kappa shape index (κ1) is 25.9. The van der Waals surface area contributed by atoms with Gasteiger partial charge in [0.05, 0.1) is 22.8 Å². The quantitative estimate of drug-likeness (QED) is 0.185. The minimum Gasteiger partial charge on any atom is -0.248 e. The third-order valence-electron chi connectivity index (χ3n) is 7.02. The average Bonchev–Trinajstić information content (AvgIpc) is 3.05. The van der Waals surface area contributed by atoms with Crippen LogP contribution in [0.1, 0.15) is 27.8 Å². The second-order valence-corrected chi connectivity index (χ2v) is 9.98. The summed E-state index contributed by atoms with van der Waals surface area (Å²) in [5, 5.41) is 0. The molecule has 2 nitrogen and oxygen atoms in total. The second kappa shape index (κ2) is 12.2. The van der Waals surface area contributed by atoms with E-state index in [9.17, 15) is 0 Å². The van der Waals surface area contributed by atoms with Crippen LogP contribution in [0.3, 0.4) is 0 Å². The maximum Gasteiger partial charge on any atom is 0.0781 e. The zero-order valence-corrected chi connectivity index (χ0v) is 23.0. The summed E-state index contributed by atoms with van der Waals surface area (Å²) in [4.78, 5) is 10.0. The molecule has 6 rings (SSSR count). The van der Waals surface area contributed by atoms with Crippen LogP contribution in [-0.4, -0.2) is 11.4 Å². The van der Waals surface area contributed by atoms with E-state index in [0.29, 0.717) is 0 Å². The van der Waals surface area contributed by atoms with Crippen LogP contribution in [0.2, 0.25) is 0 Å². The number of rotatable bonds is 7. The summed E-state index contributed by atoms with van der Waals surface area (Å²) in [6, 6.07) is 56.5. The van der Waals surface area contributed by atoms with E-state index in [0.717, 1.165) is 56.2 Å². The van der Waals surface area contributed by atoms with E-state index in [1.807, 2.05) is 42.5 Å². The number of hydrogen-bond acceptors (Lipinski definition) is 2. The summed E-state index contributed by atoms with van der Waals surface area (Å²) in [5.74, 6) is 0. The van der Waals surface area contributed by atoms with Gasteiger partial charge in [0.2, 0.25) is 0 Å². The largest absolute Gasteiger partial charge is 0.248 e. The van der Waals surface area contributed by atoms with Crippen molar-refractivity contribution in [2.75, 3.05) is 0 Å². The van der Waals surface area contributed by atoms with Gasteiger partial charge in [-0.05, 0) is 42.3 Å². The van der Waals surface area contributed by atoms with Crippen molar-refractivity contribution >= 4 is 22.8 Å². The van der Waals surface area contributed by atoms with Crippen molar-refractivity contribution in [2.45, 2.75) is 6.92 Å². The number of para-hydroxylation sites is 1. The minimum atomic E-state index is 0.938. The summed E-state index contributed by atoms with van der Waals surface area (Å²) in [7, 11) is 0. The van der Waals surface area contributed by atoms with E-state index in [4.69, 9.17) is 9.98 Å². The van der Waals surface area contributed by atoms with Crippen LogP contribution >= 0.6 is 0 Å². The van der Waals surface area contributed by atoms with E-state index >= 15 is 0 Å². The van der Waals surface area contributed by atoms with Gasteiger partial charge >= 0.3 is 0 Å². The fourth-order valence-corrected chi connectivity index (χ4v) is 4.80. The molecule has 0 heterocycles. The molecule has 41 heavy (non-hydrogen) atoms. The Kier molecular flexibility index (Phi) is 7.73. The van der Waals surface area contributed by atoms with Gasteiger partial charge < -0.3 is 0 Å². The maximum atomic E-state index is 5.04. The summed E-state index contributed by atoms with van der Waals surface area (Å²) < 4.78 is 0. The summed E-state index contributed by atoms with van der Waals surface area (Å²) in [6.45, 7) is 2.09. The first-order valence-electron chi connectivity index (χ1n) is 13.8. The molecule has 0 amide bonds. The fraction of sp³-hybridized carbons (Fsp3) is 0.0256. The summed E-state index contributed by atoms with van der Waals surface area (Å²) >= 11 is 0. The van der Waals surface area contributed by atoms with Crippen LogP contribution < -0.4 is 0 Å². The zero-order chi connectivity index (χ0) is 27.9. The predicted molar refractivity (Wildman–Crippen MR) is 173 cm³/mol. The molecule has 0 aliphatic heterocycles. The Labute approximate surface area is 242 Å². The smallest absolute Gasteiger partial charge is 0.0781 e. The van der Waals surface area contributed by atoms with Gasteiger partial charge in [0.15, 0.2) is 0 Å². The number of hydrogen-bond donors (Lipinski definition) is 0. The lowest BCUT2D eigenvalue weighted by atomic mass is 9.96. The van der Waals surface area contributed by atoms with E-state index in [-0.39, 0.29) is 0 Å². The average molecular weight is 527 g/mol. The SMILES string of the molecule is Cc1ccc(N=C(c2ccccc2)c2ccc(-c3ccc(C(=Nc4ccccc4)c4ccccc4)cc3)cc2)cc1. The number of aryl methyl sites for hydroxylation is 1. The van der Waals surface area contributed by atoms with Crippen molar-refractivity contribution in [1.29, 1.82) is 0 Å². The third-order valence-corrected chi connectivity index (χ3v) is 7.02. The van der Waals surface area contributed by atoms with Gasteiger partial charge in [-0.2, -0.15) is 0 Å². The molecule has 6 aromatic carbocycles. The van der Waals surface area contributed by atoms with Crippen LogP contribution in [-0.2, 0) is 0 Å². The van der Waals surface area contributed by atoms with Crippen LogP contribution in [0, 0.1) is 6.92 Å². The molecule has 6 aromatic rings. The molecule has 0 spiro atoms. The Morgan fingerprint density at radius 2 is 0.683 bits per heavy atom. The lowest BCUT2D eigenvalue weighted by Crippen LogP contribution is -2.03. The molecule has 0 unspecified atom stereocenters. The molecule has 0 fully saturated rings. The van der Waals surface area contributed by atoms with Crippen LogP contribution in [0.25, 0.3) is 11.1 Å². The van der Waals surface area contributed by atoms with Crippen molar-refractivity contribution in [3.8, 4) is 11.1 Å². The van der Waals surface area contributed by atoms with E-state index < -0.39 is 0 Å². The number of benzene rings is 6. The van der Waals surface area contributed by atoms with Gasteiger partial charge in [0.1, 0.15) is 0 Å². The highest BCUT2D eigenvalue weighted by molar-refractivity contribution is 6.15.